The molecule has 2 heterocycles. The van der Waals surface area contributed by atoms with Crippen molar-refractivity contribution in [3.8, 4) is 0 Å². The van der Waals surface area contributed by atoms with Crippen molar-refractivity contribution in [3.63, 3.8) is 0 Å². The van der Waals surface area contributed by atoms with Gasteiger partial charge < -0.3 is 5.32 Å². The third-order valence-electron chi connectivity index (χ3n) is 4.00. The lowest BCUT2D eigenvalue weighted by Gasteiger charge is -2.09. The van der Waals surface area contributed by atoms with E-state index in [2.05, 4.69) is 20.4 Å². The van der Waals surface area contributed by atoms with Gasteiger partial charge >= 0.3 is 0 Å². The van der Waals surface area contributed by atoms with E-state index in [-0.39, 0.29) is 5.91 Å². The van der Waals surface area contributed by atoms with E-state index >= 15 is 0 Å². The molecule has 0 saturated heterocycles. The monoisotopic (exact) mass is 339 g/mol. The van der Waals surface area contributed by atoms with Crippen LogP contribution in [0.3, 0.4) is 0 Å². The van der Waals surface area contributed by atoms with Crippen LogP contribution in [0.1, 0.15) is 29.0 Å². The number of amides is 1. The minimum atomic E-state index is -0.0170. The second-order valence-electron chi connectivity index (χ2n) is 5.86. The molecule has 1 aromatic carbocycles. The van der Waals surface area contributed by atoms with Crippen LogP contribution in [0.15, 0.2) is 41.7 Å². The molecule has 3 aromatic rings. The van der Waals surface area contributed by atoms with Gasteiger partial charge in [0.2, 0.25) is 0 Å². The first-order chi connectivity index (χ1) is 11.7. The van der Waals surface area contributed by atoms with Crippen LogP contribution >= 0.6 is 11.8 Å². The maximum absolute atomic E-state index is 12.6. The molecule has 2 aromatic heterocycles. The van der Waals surface area contributed by atoms with Crippen molar-refractivity contribution in [2.75, 3.05) is 0 Å². The van der Waals surface area contributed by atoms with Crippen LogP contribution < -0.4 is 5.32 Å². The molecule has 0 unspecified atom stereocenters. The molecule has 4 rings (SSSR count). The summed E-state index contributed by atoms with van der Waals surface area (Å²) in [6.07, 6.45) is 3.68. The molecule has 0 radical (unpaired) electrons. The molecule has 0 aliphatic heterocycles. The van der Waals surface area contributed by atoms with E-state index in [9.17, 15) is 4.79 Å². The van der Waals surface area contributed by atoms with E-state index in [4.69, 9.17) is 0 Å². The lowest BCUT2D eigenvalue weighted by atomic mass is 10.1. The van der Waals surface area contributed by atoms with Crippen molar-refractivity contribution in [2.24, 2.45) is 7.05 Å². The minimum Gasteiger partial charge on any atom is -0.349 e. The number of carbonyl (C=O) groups is 1. The van der Waals surface area contributed by atoms with E-state index in [0.717, 1.165) is 34.6 Å². The number of fused-ring (bicyclic) bond motifs is 1. The number of rotatable bonds is 5. The first-order valence-corrected chi connectivity index (χ1v) is 8.85. The lowest BCUT2D eigenvalue weighted by Crippen LogP contribution is -2.25. The molecule has 1 aliphatic carbocycles. The summed E-state index contributed by atoms with van der Waals surface area (Å²) in [6.45, 7) is 0. The Morgan fingerprint density at radius 1 is 1.38 bits per heavy atom. The van der Waals surface area contributed by atoms with E-state index < -0.39 is 0 Å². The average Bonchev–Trinajstić information content (AvgIpc) is 3.31. The number of hydrogen-bond acceptors (Lipinski definition) is 5. The molecule has 1 saturated carbocycles. The van der Waals surface area contributed by atoms with Crippen molar-refractivity contribution < 1.29 is 4.79 Å². The van der Waals surface area contributed by atoms with Gasteiger partial charge in [-0.05, 0) is 25.0 Å². The summed E-state index contributed by atoms with van der Waals surface area (Å²) >= 11 is 1.56. The summed E-state index contributed by atoms with van der Waals surface area (Å²) in [5, 5.41) is 8.84. The molecule has 0 atom stereocenters. The SMILES string of the molecule is Cn1ncnc1CSc1cc(C(=O)NC2CC2)c2ccccc2n1. The van der Waals surface area contributed by atoms with Gasteiger partial charge in [-0.15, -0.1) is 0 Å². The number of aryl methyl sites for hydroxylation is 1. The lowest BCUT2D eigenvalue weighted by molar-refractivity contribution is 0.0952. The fourth-order valence-corrected chi connectivity index (χ4v) is 3.40. The average molecular weight is 339 g/mol. The Balaban J connectivity index is 1.65. The molecule has 1 aliphatic rings. The summed E-state index contributed by atoms with van der Waals surface area (Å²) in [5.41, 5.74) is 1.52. The number of thioether (sulfide) groups is 1. The first-order valence-electron chi connectivity index (χ1n) is 7.87. The van der Waals surface area contributed by atoms with Gasteiger partial charge in [0.05, 0.1) is 21.9 Å². The number of carbonyl (C=O) groups excluding carboxylic acids is 1. The Labute approximate surface area is 143 Å². The van der Waals surface area contributed by atoms with Gasteiger partial charge in [0.25, 0.3) is 5.91 Å². The van der Waals surface area contributed by atoms with Gasteiger partial charge in [-0.2, -0.15) is 5.10 Å². The zero-order chi connectivity index (χ0) is 16.5. The summed E-state index contributed by atoms with van der Waals surface area (Å²) < 4.78 is 1.74. The van der Waals surface area contributed by atoms with Crippen molar-refractivity contribution in [1.29, 1.82) is 0 Å². The van der Waals surface area contributed by atoms with Crippen LogP contribution in [-0.4, -0.2) is 31.7 Å². The number of para-hydroxylation sites is 1. The number of aromatic nitrogens is 4. The van der Waals surface area contributed by atoms with Crippen molar-refractivity contribution in [3.05, 3.63) is 48.0 Å². The highest BCUT2D eigenvalue weighted by molar-refractivity contribution is 7.98. The van der Waals surface area contributed by atoms with E-state index in [1.165, 1.54) is 6.33 Å². The van der Waals surface area contributed by atoms with Crippen LogP contribution in [0.25, 0.3) is 10.9 Å². The van der Waals surface area contributed by atoms with Crippen LogP contribution in [0.4, 0.5) is 0 Å². The molecule has 122 valence electrons. The third-order valence-corrected chi connectivity index (χ3v) is 4.91. The smallest absolute Gasteiger partial charge is 0.252 e. The molecule has 1 fully saturated rings. The van der Waals surface area contributed by atoms with E-state index in [1.807, 2.05) is 37.4 Å². The second-order valence-corrected chi connectivity index (χ2v) is 6.86. The maximum atomic E-state index is 12.6. The van der Waals surface area contributed by atoms with Crippen LogP contribution in [0.5, 0.6) is 0 Å². The zero-order valence-corrected chi connectivity index (χ0v) is 14.1. The highest BCUT2D eigenvalue weighted by Crippen LogP contribution is 2.27. The molecular formula is C17H17N5OS. The predicted octanol–water partition coefficient (Wildman–Crippen LogP) is 2.55. The standard InChI is InChI=1S/C17H17N5OS/c1-22-15(18-10-19-22)9-24-16-8-13(17(23)20-11-6-7-11)12-4-2-3-5-14(12)21-16/h2-5,8,10-11H,6-7,9H2,1H3,(H,20,23). The predicted molar refractivity (Wildman–Crippen MR) is 92.8 cm³/mol. The molecule has 0 bridgehead atoms. The minimum absolute atomic E-state index is 0.0170. The van der Waals surface area contributed by atoms with E-state index in [0.29, 0.717) is 17.4 Å². The Bertz CT molecular complexity index is 903. The Kier molecular flexibility index (Phi) is 3.93. The normalized spacial score (nSPS) is 14.0. The van der Waals surface area contributed by atoms with Crippen molar-refractivity contribution in [1.82, 2.24) is 25.1 Å². The van der Waals surface area contributed by atoms with Gasteiger partial charge in [-0.1, -0.05) is 30.0 Å². The van der Waals surface area contributed by atoms with Crippen LogP contribution in [0.2, 0.25) is 0 Å². The number of hydrogen-bond donors (Lipinski definition) is 1. The highest BCUT2D eigenvalue weighted by atomic mass is 32.2. The van der Waals surface area contributed by atoms with Gasteiger partial charge in [0.1, 0.15) is 12.2 Å². The fraction of sp³-hybridized carbons (Fsp3) is 0.294. The Hall–Kier alpha value is -2.41. The first kappa shape index (κ1) is 15.1. The zero-order valence-electron chi connectivity index (χ0n) is 13.3. The quantitative estimate of drug-likeness (QED) is 0.723. The number of benzene rings is 1. The summed E-state index contributed by atoms with van der Waals surface area (Å²) in [7, 11) is 1.87. The second kappa shape index (κ2) is 6.24. The van der Waals surface area contributed by atoms with Crippen LogP contribution in [0, 0.1) is 0 Å². The molecule has 0 spiro atoms. The summed E-state index contributed by atoms with van der Waals surface area (Å²) in [5.74, 6) is 1.52. The van der Waals surface area contributed by atoms with Crippen molar-refractivity contribution >= 4 is 28.6 Å². The third kappa shape index (κ3) is 3.12. The molecular weight excluding hydrogens is 322 g/mol. The molecule has 1 amide bonds. The Morgan fingerprint density at radius 3 is 2.96 bits per heavy atom. The molecule has 7 heteroatoms. The summed E-state index contributed by atoms with van der Waals surface area (Å²) in [6, 6.07) is 9.97. The van der Waals surface area contributed by atoms with Gasteiger partial charge in [-0.3, -0.25) is 9.48 Å². The van der Waals surface area contributed by atoms with Crippen molar-refractivity contribution in [2.45, 2.75) is 29.7 Å². The molecule has 1 N–H and O–H groups in total. The topological polar surface area (TPSA) is 72.7 Å². The van der Waals surface area contributed by atoms with Gasteiger partial charge in [-0.25, -0.2) is 9.97 Å². The summed E-state index contributed by atoms with van der Waals surface area (Å²) in [4.78, 5) is 21.5. The largest absolute Gasteiger partial charge is 0.349 e. The molecule has 6 nitrogen and oxygen atoms in total. The van der Waals surface area contributed by atoms with Gasteiger partial charge in [0.15, 0.2) is 0 Å². The van der Waals surface area contributed by atoms with E-state index in [1.54, 1.807) is 16.4 Å². The molecule has 24 heavy (non-hydrogen) atoms. The Morgan fingerprint density at radius 2 is 2.21 bits per heavy atom. The maximum Gasteiger partial charge on any atom is 0.252 e. The fourth-order valence-electron chi connectivity index (χ4n) is 2.49. The number of nitrogens with zero attached hydrogens (tertiary/aromatic N) is 4. The van der Waals surface area contributed by atoms with Gasteiger partial charge in [0, 0.05) is 18.5 Å². The number of pyridine rings is 1. The van der Waals surface area contributed by atoms with Crippen LogP contribution in [-0.2, 0) is 12.8 Å². The highest BCUT2D eigenvalue weighted by Gasteiger charge is 2.25. The number of nitrogens with one attached hydrogen (secondary N) is 1.